The van der Waals surface area contributed by atoms with Crippen LogP contribution in [0.5, 0.6) is 5.75 Å². The van der Waals surface area contributed by atoms with E-state index >= 15 is 4.21 Å². The van der Waals surface area contributed by atoms with E-state index < -0.39 is 193 Å². The van der Waals surface area contributed by atoms with Crippen LogP contribution in [0.4, 0.5) is 0 Å². The molecule has 13 atom stereocenters. The summed E-state index contributed by atoms with van der Waals surface area (Å²) in [6.07, 6.45) is -1.78. The lowest BCUT2D eigenvalue weighted by Gasteiger charge is -2.32. The molecule has 0 radical (unpaired) electrons. The normalized spacial score (nSPS) is 27.4. The highest BCUT2D eigenvalue weighted by atomic mass is 32.2. The maximum atomic E-state index is 15.0. The molecule has 0 aliphatic carbocycles. The fourth-order valence-electron chi connectivity index (χ4n) is 9.62. The topological polar surface area (TPSA) is 407 Å². The van der Waals surface area contributed by atoms with E-state index in [0.29, 0.717) is 18.2 Å². The second-order valence-corrected chi connectivity index (χ2v) is 21.4. The standard InChI is InChI=1S/C49H67N11O16S/c1-6-23(3)41-46(72)52-16-37(65)53-33-21-77(75)48-29(28-8-7-27(13-30(28)56-48)76-20-22(2)11-24(4)60-39(67)9-10-40(60)68)14-31(43(69)51-17-38(66)57-41)54-47(73)42(25(5)35(63)19-61)58-45(71)34-12-26(62)18-59(34)49(74)32(15-36(50)64)55-44(33)70/h7-10,13,22-26,31-35,41-42,56,61-63H,6,11-12,14-21H2,1-5H3,(H2,50,64)(H,51,69)(H,52,72)(H,53,65)(H,54,73)(H,55,70)(H,57,66)(H,58,71)/t22?,23-,24?,25-,26+,31-,32-,33-,34-,35-,41-,42-,77?/m0/s1. The van der Waals surface area contributed by atoms with Gasteiger partial charge in [-0.25, -0.2) is 0 Å². The van der Waals surface area contributed by atoms with Gasteiger partial charge in [-0.3, -0.25) is 61.8 Å². The molecule has 4 aliphatic rings. The lowest BCUT2D eigenvalue weighted by Crippen LogP contribution is -2.62. The number of ether oxygens (including phenoxy) is 1. The van der Waals surface area contributed by atoms with Gasteiger partial charge in [-0.15, -0.1) is 0 Å². The summed E-state index contributed by atoms with van der Waals surface area (Å²) in [6, 6.07) is -5.95. The second kappa shape index (κ2) is 25.7. The minimum Gasteiger partial charge on any atom is -0.493 e. The van der Waals surface area contributed by atoms with Crippen LogP contribution < -0.4 is 47.7 Å². The molecule has 27 nitrogen and oxygen atoms in total. The molecule has 4 aliphatic heterocycles. The first kappa shape index (κ1) is 59.0. The van der Waals surface area contributed by atoms with Gasteiger partial charge < -0.3 is 72.9 Å². The summed E-state index contributed by atoms with van der Waals surface area (Å²) in [6.45, 7) is 5.36. The predicted molar refractivity (Wildman–Crippen MR) is 270 cm³/mol. The number of primary amides is 1. The minimum atomic E-state index is -2.43. The SMILES string of the molecule is CC[C@H](C)[C@@H]1NC(=O)CNC(=O)[C@@H]2Cc3c([nH]c4cc(OCC(C)CC(C)N5C(=O)C=CC5=O)ccc34)S(=O)C[C@H](NC(=O)CNC1=O)C(=O)N[C@@H](CC(N)=O)C(=O)N1C[C@H](O)C[C@H]1C(=O)N[C@@H]([C@@H](C)[C@@H](O)CO)C(=O)N2. The number of amides is 11. The van der Waals surface area contributed by atoms with Crippen LogP contribution >= 0.6 is 0 Å². The molecule has 1 saturated heterocycles. The Labute approximate surface area is 444 Å². The van der Waals surface area contributed by atoms with Crippen LogP contribution in [-0.4, -0.2) is 192 Å². The van der Waals surface area contributed by atoms with Crippen LogP contribution in [0.2, 0.25) is 0 Å². The van der Waals surface area contributed by atoms with E-state index in [1.165, 1.54) is 25.1 Å². The number of aliphatic hydroxyl groups excluding tert-OH is 3. The van der Waals surface area contributed by atoms with Crippen molar-refractivity contribution >= 4 is 86.7 Å². The van der Waals surface area contributed by atoms with Crippen molar-refractivity contribution in [3.63, 3.8) is 0 Å². The molecule has 6 rings (SSSR count). The van der Waals surface area contributed by atoms with Crippen molar-refractivity contribution in [2.24, 2.45) is 23.5 Å². The number of carbonyl (C=O) groups excluding carboxylic acids is 11. The average molecular weight is 1100 g/mol. The average Bonchev–Trinajstić information content (AvgIpc) is 4.10. The fraction of sp³-hybridized carbons (Fsp3) is 0.571. The third-order valence-corrected chi connectivity index (χ3v) is 15.5. The van der Waals surface area contributed by atoms with E-state index in [0.717, 1.165) is 9.80 Å². The quantitative estimate of drug-likeness (QED) is 0.0837. The number of H-pyrrole nitrogens is 1. The zero-order valence-corrected chi connectivity index (χ0v) is 43.9. The van der Waals surface area contributed by atoms with Crippen LogP contribution in [0.3, 0.4) is 0 Å². The number of fused-ring (bicyclic) bond motifs is 5. The van der Waals surface area contributed by atoms with Gasteiger partial charge in [0, 0.05) is 55.0 Å². The Morgan fingerprint density at radius 3 is 2.14 bits per heavy atom. The van der Waals surface area contributed by atoms with Crippen molar-refractivity contribution < 1.29 is 77.0 Å². The highest BCUT2D eigenvalue weighted by Gasteiger charge is 2.45. The number of benzene rings is 1. The molecular weight excluding hydrogens is 1030 g/mol. The number of aromatic nitrogens is 1. The largest absolute Gasteiger partial charge is 0.493 e. The monoisotopic (exact) mass is 1100 g/mol. The summed E-state index contributed by atoms with van der Waals surface area (Å²) in [5.74, 6) is -12.8. The zero-order chi connectivity index (χ0) is 56.6. The van der Waals surface area contributed by atoms with Gasteiger partial charge >= 0.3 is 0 Å². The number of nitrogens with two attached hydrogens (primary N) is 1. The number of nitrogens with zero attached hydrogens (tertiary/aromatic N) is 2. The summed E-state index contributed by atoms with van der Waals surface area (Å²) in [5, 5.41) is 49.1. The third-order valence-electron chi connectivity index (χ3n) is 14.1. The van der Waals surface area contributed by atoms with E-state index in [-0.39, 0.29) is 34.4 Å². The van der Waals surface area contributed by atoms with E-state index in [9.17, 15) is 68.1 Å². The molecule has 1 aromatic carbocycles. The van der Waals surface area contributed by atoms with Crippen molar-refractivity contribution in [3.8, 4) is 5.75 Å². The molecule has 13 N–H and O–H groups in total. The minimum absolute atomic E-state index is 0.0868. The van der Waals surface area contributed by atoms with Gasteiger partial charge in [0.05, 0.1) is 67.0 Å². The van der Waals surface area contributed by atoms with Crippen LogP contribution in [0.25, 0.3) is 10.9 Å². The van der Waals surface area contributed by atoms with Gasteiger partial charge in [-0.1, -0.05) is 34.1 Å². The third kappa shape index (κ3) is 14.4. The van der Waals surface area contributed by atoms with E-state index in [4.69, 9.17) is 10.5 Å². The summed E-state index contributed by atoms with van der Waals surface area (Å²) in [4.78, 5) is 155. The van der Waals surface area contributed by atoms with E-state index in [2.05, 4.69) is 42.2 Å². The number of carbonyl (C=O) groups is 11. The first-order valence-corrected chi connectivity index (χ1v) is 26.5. The van der Waals surface area contributed by atoms with Crippen molar-refractivity contribution in [1.29, 1.82) is 0 Å². The Balaban J connectivity index is 1.49. The summed E-state index contributed by atoms with van der Waals surface area (Å²) < 4.78 is 21.2. The van der Waals surface area contributed by atoms with E-state index in [1.54, 1.807) is 32.9 Å². The Morgan fingerprint density at radius 2 is 1.49 bits per heavy atom. The van der Waals surface area contributed by atoms with Gasteiger partial charge in [0.1, 0.15) is 47.0 Å². The Hall–Kier alpha value is -7.30. The number of nitrogens with one attached hydrogen (secondary N) is 8. The zero-order valence-electron chi connectivity index (χ0n) is 43.1. The number of hydrogen-bond donors (Lipinski definition) is 12. The lowest BCUT2D eigenvalue weighted by molar-refractivity contribution is -0.144. The van der Waals surface area contributed by atoms with Crippen molar-refractivity contribution in [3.05, 3.63) is 35.9 Å². The number of aliphatic hydroxyl groups is 3. The first-order valence-electron chi connectivity index (χ1n) is 25.2. The molecule has 3 unspecified atom stereocenters. The van der Waals surface area contributed by atoms with Crippen LogP contribution in [0.1, 0.15) is 65.9 Å². The molecule has 420 valence electrons. The number of hydrogen-bond acceptors (Lipinski definition) is 16. The molecular formula is C49H67N11O16S. The Kier molecular flexibility index (Phi) is 19.7. The van der Waals surface area contributed by atoms with Gasteiger partial charge in [-0.05, 0) is 42.9 Å². The van der Waals surface area contributed by atoms with E-state index in [1.807, 2.05) is 6.92 Å². The fourth-order valence-corrected chi connectivity index (χ4v) is 11.0. The Morgan fingerprint density at radius 1 is 0.831 bits per heavy atom. The first-order chi connectivity index (χ1) is 36.4. The Bertz CT molecular complexity index is 2700. The maximum Gasteiger partial charge on any atom is 0.253 e. The summed E-state index contributed by atoms with van der Waals surface area (Å²) >= 11 is 0. The van der Waals surface area contributed by atoms with Crippen LogP contribution in [0.15, 0.2) is 35.4 Å². The van der Waals surface area contributed by atoms with Gasteiger partial charge in [0.25, 0.3) is 11.8 Å². The summed E-state index contributed by atoms with van der Waals surface area (Å²) in [5.41, 5.74) is 5.87. The second-order valence-electron chi connectivity index (χ2n) is 20.0. The predicted octanol–water partition coefficient (Wildman–Crippen LogP) is -4.91. The number of rotatable bonds is 13. The van der Waals surface area contributed by atoms with Gasteiger partial charge in [-0.2, -0.15) is 0 Å². The summed E-state index contributed by atoms with van der Waals surface area (Å²) in [7, 11) is -2.43. The highest BCUT2D eigenvalue weighted by molar-refractivity contribution is 7.85. The van der Waals surface area contributed by atoms with Crippen molar-refractivity contribution in [2.45, 2.75) is 126 Å². The molecule has 2 aromatic rings. The lowest BCUT2D eigenvalue weighted by atomic mass is 9.93. The maximum absolute atomic E-state index is 15.0. The molecule has 1 fully saturated rings. The highest BCUT2D eigenvalue weighted by Crippen LogP contribution is 2.31. The molecule has 0 saturated carbocycles. The molecule has 5 heterocycles. The molecule has 1 aromatic heterocycles. The molecule has 2 bridgehead atoms. The van der Waals surface area contributed by atoms with Gasteiger partial charge in [0.15, 0.2) is 0 Å². The van der Waals surface area contributed by atoms with Crippen LogP contribution in [-0.2, 0) is 70.0 Å². The molecule has 77 heavy (non-hydrogen) atoms. The molecule has 28 heteroatoms. The molecule has 0 spiro atoms. The number of imide groups is 1. The van der Waals surface area contributed by atoms with Crippen molar-refractivity contribution in [1.82, 2.24) is 52.0 Å². The van der Waals surface area contributed by atoms with Crippen LogP contribution in [0, 0.1) is 17.8 Å². The van der Waals surface area contributed by atoms with Crippen molar-refractivity contribution in [2.75, 3.05) is 38.6 Å². The van der Waals surface area contributed by atoms with Gasteiger partial charge in [0.2, 0.25) is 53.2 Å². The molecule has 11 amide bonds. The number of aromatic amines is 1. The smallest absolute Gasteiger partial charge is 0.253 e.